The van der Waals surface area contributed by atoms with Gasteiger partial charge in [0.15, 0.2) is 0 Å². The number of amides is 1. The molecule has 2 nitrogen and oxygen atoms in total. The largest absolute Gasteiger partial charge is 0.341 e. The van der Waals surface area contributed by atoms with E-state index in [1.54, 1.807) is 0 Å². The summed E-state index contributed by atoms with van der Waals surface area (Å²) in [6, 6.07) is 17.8. The molecule has 0 saturated heterocycles. The molecule has 1 fully saturated rings. The lowest BCUT2D eigenvalue weighted by Crippen LogP contribution is -2.36. The summed E-state index contributed by atoms with van der Waals surface area (Å²) in [5.74, 6) is 0.202. The van der Waals surface area contributed by atoms with Crippen molar-refractivity contribution in [3.63, 3.8) is 0 Å². The molecule has 0 bridgehead atoms. The lowest BCUT2D eigenvalue weighted by Gasteiger charge is -2.24. The van der Waals surface area contributed by atoms with Crippen LogP contribution in [0.15, 0.2) is 54.6 Å². The van der Waals surface area contributed by atoms with Gasteiger partial charge in [0.2, 0.25) is 5.91 Å². The number of benzene rings is 2. The molecule has 21 heavy (non-hydrogen) atoms. The van der Waals surface area contributed by atoms with Crippen molar-refractivity contribution in [3.05, 3.63) is 70.7 Å². The summed E-state index contributed by atoms with van der Waals surface area (Å²) < 4.78 is 0. The van der Waals surface area contributed by atoms with E-state index in [0.717, 1.165) is 24.0 Å². The van der Waals surface area contributed by atoms with Crippen LogP contribution in [0.1, 0.15) is 24.0 Å². The summed E-state index contributed by atoms with van der Waals surface area (Å²) >= 11 is 6.00. The van der Waals surface area contributed by atoms with Crippen LogP contribution in [-0.4, -0.2) is 17.9 Å². The predicted octanol–water partition coefficient (Wildman–Crippen LogP) is 4.03. The van der Waals surface area contributed by atoms with Crippen molar-refractivity contribution in [1.29, 1.82) is 0 Å². The molecule has 2 aromatic rings. The highest BCUT2D eigenvalue weighted by atomic mass is 35.5. The molecule has 2 aromatic carbocycles. The molecule has 108 valence electrons. The molecule has 1 aliphatic rings. The first-order valence-corrected chi connectivity index (χ1v) is 7.55. The summed E-state index contributed by atoms with van der Waals surface area (Å²) in [5, 5.41) is 0.706. The van der Waals surface area contributed by atoms with Gasteiger partial charge in [0.25, 0.3) is 0 Å². The predicted molar refractivity (Wildman–Crippen MR) is 85.3 cm³/mol. The molecule has 0 aliphatic heterocycles. The second-order valence-corrected chi connectivity index (χ2v) is 6.18. The van der Waals surface area contributed by atoms with Gasteiger partial charge < -0.3 is 4.90 Å². The molecular weight excluding hydrogens is 282 g/mol. The zero-order chi connectivity index (χ0) is 14.9. The van der Waals surface area contributed by atoms with Crippen LogP contribution in [-0.2, 0) is 16.8 Å². The molecule has 1 saturated carbocycles. The Kier molecular flexibility index (Phi) is 3.73. The zero-order valence-corrected chi connectivity index (χ0v) is 12.8. The van der Waals surface area contributed by atoms with Crippen molar-refractivity contribution >= 4 is 17.5 Å². The van der Waals surface area contributed by atoms with Gasteiger partial charge in [-0.25, -0.2) is 0 Å². The fraction of sp³-hybridized carbons (Fsp3) is 0.278. The highest BCUT2D eigenvalue weighted by Crippen LogP contribution is 2.49. The third-order valence-corrected chi connectivity index (χ3v) is 4.38. The summed E-state index contributed by atoms with van der Waals surface area (Å²) in [6.45, 7) is 0.591. The van der Waals surface area contributed by atoms with Gasteiger partial charge in [0.05, 0.1) is 5.41 Å². The van der Waals surface area contributed by atoms with E-state index in [2.05, 4.69) is 12.1 Å². The van der Waals surface area contributed by atoms with E-state index < -0.39 is 0 Å². The number of nitrogens with zero attached hydrogens (tertiary/aromatic N) is 1. The number of carbonyl (C=O) groups excluding carboxylic acids is 1. The highest BCUT2D eigenvalue weighted by molar-refractivity contribution is 6.30. The average molecular weight is 300 g/mol. The minimum atomic E-state index is -0.297. The molecule has 3 rings (SSSR count). The minimum absolute atomic E-state index is 0.202. The van der Waals surface area contributed by atoms with Crippen LogP contribution in [0, 0.1) is 0 Å². The van der Waals surface area contributed by atoms with Crippen LogP contribution in [0.3, 0.4) is 0 Å². The third-order valence-electron chi connectivity index (χ3n) is 4.14. The van der Waals surface area contributed by atoms with E-state index in [9.17, 15) is 4.79 Å². The molecular formula is C18H18ClNO. The first-order chi connectivity index (χ1) is 10.1. The highest BCUT2D eigenvalue weighted by Gasteiger charge is 2.52. The lowest BCUT2D eigenvalue weighted by atomic mass is 9.94. The fourth-order valence-corrected chi connectivity index (χ4v) is 3.07. The number of rotatable bonds is 4. The van der Waals surface area contributed by atoms with E-state index in [4.69, 9.17) is 11.6 Å². The standard InChI is InChI=1S/C18H18ClNO/c1-20(13-14-6-5-9-16(19)12-14)17(21)18(10-11-18)15-7-3-2-4-8-15/h2-9,12H,10-11,13H2,1H3. The number of likely N-dealkylation sites (N-methyl/N-ethyl adjacent to an activating group) is 1. The Hall–Kier alpha value is -1.80. The zero-order valence-electron chi connectivity index (χ0n) is 12.1. The fourth-order valence-electron chi connectivity index (χ4n) is 2.85. The summed E-state index contributed by atoms with van der Waals surface area (Å²) in [6.07, 6.45) is 1.88. The second kappa shape index (κ2) is 5.53. The molecule has 0 heterocycles. The Morgan fingerprint density at radius 2 is 1.86 bits per heavy atom. The molecule has 3 heteroatoms. The van der Waals surface area contributed by atoms with E-state index >= 15 is 0 Å². The molecule has 0 N–H and O–H groups in total. The van der Waals surface area contributed by atoms with Crippen molar-refractivity contribution < 1.29 is 4.79 Å². The summed E-state index contributed by atoms with van der Waals surface area (Å²) in [4.78, 5) is 14.6. The number of hydrogen-bond donors (Lipinski definition) is 0. The smallest absolute Gasteiger partial charge is 0.233 e. The maximum atomic E-state index is 12.8. The maximum absolute atomic E-state index is 12.8. The minimum Gasteiger partial charge on any atom is -0.341 e. The van der Waals surface area contributed by atoms with Gasteiger partial charge in [-0.3, -0.25) is 4.79 Å². The van der Waals surface area contributed by atoms with Crippen molar-refractivity contribution in [2.75, 3.05) is 7.05 Å². The quantitative estimate of drug-likeness (QED) is 0.834. The van der Waals surface area contributed by atoms with Crippen molar-refractivity contribution in [1.82, 2.24) is 4.90 Å². The van der Waals surface area contributed by atoms with Crippen molar-refractivity contribution in [3.8, 4) is 0 Å². The van der Waals surface area contributed by atoms with Crippen LogP contribution in [0.5, 0.6) is 0 Å². The normalized spacial score (nSPS) is 15.5. The lowest BCUT2D eigenvalue weighted by molar-refractivity contribution is -0.133. The van der Waals surface area contributed by atoms with Gasteiger partial charge in [-0.2, -0.15) is 0 Å². The van der Waals surface area contributed by atoms with E-state index in [1.807, 2.05) is 54.4 Å². The Morgan fingerprint density at radius 3 is 2.48 bits per heavy atom. The van der Waals surface area contributed by atoms with E-state index in [1.165, 1.54) is 0 Å². The molecule has 0 aromatic heterocycles. The second-order valence-electron chi connectivity index (χ2n) is 5.74. The van der Waals surface area contributed by atoms with Gasteiger partial charge in [-0.05, 0) is 36.1 Å². The van der Waals surface area contributed by atoms with Gasteiger partial charge in [0, 0.05) is 18.6 Å². The third kappa shape index (κ3) is 2.81. The number of halogens is 1. The summed E-state index contributed by atoms with van der Waals surface area (Å²) in [5.41, 5.74) is 1.89. The molecule has 1 amide bonds. The monoisotopic (exact) mass is 299 g/mol. The first kappa shape index (κ1) is 14.2. The van der Waals surface area contributed by atoms with Crippen LogP contribution in [0.4, 0.5) is 0 Å². The SMILES string of the molecule is CN(Cc1cccc(Cl)c1)C(=O)C1(c2ccccc2)CC1. The number of carbonyl (C=O) groups is 1. The van der Waals surface area contributed by atoms with Gasteiger partial charge >= 0.3 is 0 Å². The summed E-state index contributed by atoms with van der Waals surface area (Å²) in [7, 11) is 1.87. The maximum Gasteiger partial charge on any atom is 0.233 e. The van der Waals surface area contributed by atoms with Gasteiger partial charge in [-0.15, -0.1) is 0 Å². The van der Waals surface area contributed by atoms with E-state index in [0.29, 0.717) is 11.6 Å². The van der Waals surface area contributed by atoms with E-state index in [-0.39, 0.29) is 11.3 Å². The van der Waals surface area contributed by atoms with Crippen LogP contribution in [0.2, 0.25) is 5.02 Å². The first-order valence-electron chi connectivity index (χ1n) is 7.17. The van der Waals surface area contributed by atoms with Crippen LogP contribution < -0.4 is 0 Å². The average Bonchev–Trinajstić information content (AvgIpc) is 3.29. The van der Waals surface area contributed by atoms with Crippen LogP contribution in [0.25, 0.3) is 0 Å². The number of hydrogen-bond acceptors (Lipinski definition) is 1. The Morgan fingerprint density at radius 1 is 1.14 bits per heavy atom. The Bertz CT molecular complexity index is 649. The molecule has 0 radical (unpaired) electrons. The molecule has 0 unspecified atom stereocenters. The van der Waals surface area contributed by atoms with Crippen molar-refractivity contribution in [2.45, 2.75) is 24.8 Å². The molecule has 0 atom stereocenters. The Balaban J connectivity index is 1.76. The molecule has 0 spiro atoms. The van der Waals surface area contributed by atoms with Gasteiger partial charge in [-0.1, -0.05) is 54.1 Å². The van der Waals surface area contributed by atoms with Gasteiger partial charge in [0.1, 0.15) is 0 Å². The topological polar surface area (TPSA) is 20.3 Å². The Labute approximate surface area is 130 Å². The van der Waals surface area contributed by atoms with Crippen molar-refractivity contribution in [2.24, 2.45) is 0 Å². The molecule has 1 aliphatic carbocycles. The van der Waals surface area contributed by atoms with Crippen LogP contribution >= 0.6 is 11.6 Å².